The molecule has 0 aromatic heterocycles. The molecule has 0 spiro atoms. The van der Waals surface area contributed by atoms with Gasteiger partial charge in [0.05, 0.1) is 19.8 Å². The molecule has 104 valence electrons. The van der Waals surface area contributed by atoms with Crippen molar-refractivity contribution in [1.82, 2.24) is 0 Å². The van der Waals surface area contributed by atoms with Crippen LogP contribution in [-0.2, 0) is 17.7 Å². The molecule has 0 saturated heterocycles. The molecule has 0 aromatic carbocycles. The molecule has 0 saturated carbocycles. The molecular weight excluding hydrogens is 242 g/mol. The van der Waals surface area contributed by atoms with Crippen molar-refractivity contribution >= 4 is 9.05 Å². The van der Waals surface area contributed by atoms with Gasteiger partial charge in [0.25, 0.3) is 0 Å². The monoisotopic (exact) mass is 267 g/mol. The van der Waals surface area contributed by atoms with Crippen LogP contribution in [0.4, 0.5) is 0 Å². The molecule has 0 amide bonds. The fourth-order valence-corrected chi connectivity index (χ4v) is 3.09. The summed E-state index contributed by atoms with van der Waals surface area (Å²) in [6, 6.07) is 0. The lowest BCUT2D eigenvalue weighted by Crippen LogP contribution is -2.51. The molecule has 0 aliphatic carbocycles. The average molecular weight is 267 g/mol. The maximum absolute atomic E-state index is 5.59. The first kappa shape index (κ1) is 16.9. The van der Waals surface area contributed by atoms with Crippen molar-refractivity contribution in [3.8, 4) is 0 Å². The maximum Gasteiger partial charge on any atom is 0.679 e. The molecule has 0 bridgehead atoms. The minimum Gasteiger partial charge on any atom is -0.351 e. The lowest BCUT2D eigenvalue weighted by molar-refractivity contribution is -0.0305. The van der Waals surface area contributed by atoms with Crippen LogP contribution in [0.5, 0.6) is 0 Å². The molecule has 0 aliphatic heterocycles. The van der Waals surface area contributed by atoms with E-state index in [1.165, 1.54) is 0 Å². The molecule has 17 heavy (non-hydrogen) atoms. The standard InChI is InChI=1S/C9H25N3O4Si/c1-2-6-13-17(14-7-3-10,15-8-4-11)16-9-5-12/h2-12H2,1H3. The van der Waals surface area contributed by atoms with Gasteiger partial charge in [0.15, 0.2) is 0 Å². The smallest absolute Gasteiger partial charge is 0.351 e. The van der Waals surface area contributed by atoms with E-state index in [1.807, 2.05) is 6.92 Å². The van der Waals surface area contributed by atoms with Crippen molar-refractivity contribution in [3.05, 3.63) is 0 Å². The van der Waals surface area contributed by atoms with Gasteiger partial charge in [-0.1, -0.05) is 6.92 Å². The summed E-state index contributed by atoms with van der Waals surface area (Å²) in [4.78, 5) is 0. The van der Waals surface area contributed by atoms with E-state index in [1.54, 1.807) is 0 Å². The Morgan fingerprint density at radius 2 is 1.06 bits per heavy atom. The normalized spacial score (nSPS) is 12.0. The van der Waals surface area contributed by atoms with E-state index in [-0.39, 0.29) is 0 Å². The van der Waals surface area contributed by atoms with Gasteiger partial charge < -0.3 is 34.9 Å². The molecule has 0 rings (SSSR count). The third-order valence-electron chi connectivity index (χ3n) is 1.67. The Kier molecular flexibility index (Phi) is 11.0. The summed E-state index contributed by atoms with van der Waals surface area (Å²) in [5.41, 5.74) is 16.2. The fraction of sp³-hybridized carbons (Fsp3) is 1.00. The van der Waals surface area contributed by atoms with Crippen LogP contribution in [0.2, 0.25) is 0 Å². The summed E-state index contributed by atoms with van der Waals surface area (Å²) in [7, 11) is -3.12. The average Bonchev–Trinajstić information content (AvgIpc) is 2.37. The SMILES string of the molecule is CCCO[Si](OCCN)(OCCN)OCCN. The van der Waals surface area contributed by atoms with E-state index in [2.05, 4.69) is 0 Å². The van der Waals surface area contributed by atoms with E-state index < -0.39 is 9.05 Å². The predicted octanol–water partition coefficient (Wildman–Crippen LogP) is -1.23. The van der Waals surface area contributed by atoms with Crippen LogP contribution >= 0.6 is 0 Å². The largest absolute Gasteiger partial charge is 0.679 e. The minimum atomic E-state index is -3.12. The van der Waals surface area contributed by atoms with Gasteiger partial charge in [-0.2, -0.15) is 0 Å². The quantitative estimate of drug-likeness (QED) is 0.379. The van der Waals surface area contributed by atoms with Gasteiger partial charge in [0, 0.05) is 26.2 Å². The van der Waals surface area contributed by atoms with Crippen LogP contribution in [0.3, 0.4) is 0 Å². The molecule has 0 heterocycles. The molecule has 7 nitrogen and oxygen atoms in total. The Bertz CT molecular complexity index is 139. The summed E-state index contributed by atoms with van der Waals surface area (Å²) in [5.74, 6) is 0. The summed E-state index contributed by atoms with van der Waals surface area (Å²) in [6.45, 7) is 4.60. The van der Waals surface area contributed by atoms with Crippen molar-refractivity contribution in [2.24, 2.45) is 17.2 Å². The van der Waals surface area contributed by atoms with E-state index in [0.717, 1.165) is 6.42 Å². The van der Waals surface area contributed by atoms with Crippen LogP contribution in [0.25, 0.3) is 0 Å². The first-order valence-corrected chi connectivity index (χ1v) is 7.54. The molecule has 0 aliphatic rings. The number of nitrogens with two attached hydrogens (primary N) is 3. The zero-order valence-corrected chi connectivity index (χ0v) is 11.5. The zero-order valence-electron chi connectivity index (χ0n) is 10.5. The van der Waals surface area contributed by atoms with E-state index >= 15 is 0 Å². The van der Waals surface area contributed by atoms with Gasteiger partial charge in [0.1, 0.15) is 0 Å². The topological polar surface area (TPSA) is 115 Å². The van der Waals surface area contributed by atoms with Gasteiger partial charge in [-0.15, -0.1) is 0 Å². The summed E-state index contributed by atoms with van der Waals surface area (Å²) in [5, 5.41) is 0. The first-order valence-electron chi connectivity index (χ1n) is 5.90. The molecule has 0 aromatic rings. The zero-order chi connectivity index (χ0) is 13.0. The van der Waals surface area contributed by atoms with Crippen molar-refractivity contribution in [1.29, 1.82) is 0 Å². The molecule has 0 atom stereocenters. The van der Waals surface area contributed by atoms with Gasteiger partial charge in [0.2, 0.25) is 0 Å². The predicted molar refractivity (Wildman–Crippen MR) is 67.0 cm³/mol. The van der Waals surface area contributed by atoms with E-state index in [0.29, 0.717) is 46.1 Å². The summed E-state index contributed by atoms with van der Waals surface area (Å²) in [6.07, 6.45) is 0.846. The fourth-order valence-electron chi connectivity index (χ4n) is 1.03. The van der Waals surface area contributed by atoms with Crippen LogP contribution in [0.15, 0.2) is 0 Å². The second kappa shape index (κ2) is 11.1. The molecule has 6 N–H and O–H groups in total. The highest BCUT2D eigenvalue weighted by atomic mass is 28.4. The highest BCUT2D eigenvalue weighted by Gasteiger charge is 2.45. The van der Waals surface area contributed by atoms with E-state index in [9.17, 15) is 0 Å². The second-order valence-electron chi connectivity index (χ2n) is 3.26. The third kappa shape index (κ3) is 7.79. The molecule has 8 heteroatoms. The van der Waals surface area contributed by atoms with Gasteiger partial charge >= 0.3 is 9.05 Å². The molecule has 0 unspecified atom stereocenters. The Balaban J connectivity index is 4.39. The lowest BCUT2D eigenvalue weighted by Gasteiger charge is -2.27. The Morgan fingerprint density at radius 1 is 0.706 bits per heavy atom. The molecular formula is C9H25N3O4Si. The number of hydrogen-bond donors (Lipinski definition) is 3. The van der Waals surface area contributed by atoms with Crippen molar-refractivity contribution < 1.29 is 17.7 Å². The third-order valence-corrected chi connectivity index (χ3v) is 3.90. The van der Waals surface area contributed by atoms with Gasteiger partial charge in [-0.05, 0) is 6.42 Å². The Labute approximate surface area is 104 Å². The van der Waals surface area contributed by atoms with Crippen LogP contribution in [0.1, 0.15) is 13.3 Å². The first-order chi connectivity index (χ1) is 8.24. The maximum atomic E-state index is 5.59. The van der Waals surface area contributed by atoms with Crippen molar-refractivity contribution in [3.63, 3.8) is 0 Å². The van der Waals surface area contributed by atoms with E-state index in [4.69, 9.17) is 34.9 Å². The van der Waals surface area contributed by atoms with Crippen LogP contribution in [0, 0.1) is 0 Å². The summed E-state index contributed by atoms with van der Waals surface area (Å²) < 4.78 is 22.2. The van der Waals surface area contributed by atoms with Crippen LogP contribution < -0.4 is 17.2 Å². The Morgan fingerprint density at radius 3 is 1.35 bits per heavy atom. The lowest BCUT2D eigenvalue weighted by atomic mass is 10.5. The number of rotatable bonds is 12. The molecule has 0 fully saturated rings. The van der Waals surface area contributed by atoms with Crippen LogP contribution in [-0.4, -0.2) is 55.1 Å². The summed E-state index contributed by atoms with van der Waals surface area (Å²) >= 11 is 0. The molecule has 0 radical (unpaired) electrons. The van der Waals surface area contributed by atoms with Crippen molar-refractivity contribution in [2.45, 2.75) is 13.3 Å². The highest BCUT2D eigenvalue weighted by molar-refractivity contribution is 6.53. The van der Waals surface area contributed by atoms with Crippen molar-refractivity contribution in [2.75, 3.05) is 46.1 Å². The Hall–Kier alpha value is -0.0631. The second-order valence-corrected chi connectivity index (χ2v) is 5.41. The highest BCUT2D eigenvalue weighted by Crippen LogP contribution is 2.12. The number of hydrogen-bond acceptors (Lipinski definition) is 7. The van der Waals surface area contributed by atoms with Gasteiger partial charge in [-0.3, -0.25) is 0 Å². The van der Waals surface area contributed by atoms with Gasteiger partial charge in [-0.25, -0.2) is 0 Å². The minimum absolute atomic E-state index is 0.324.